The minimum Gasteiger partial charge on any atom is -0.494 e. The molecule has 0 spiro atoms. The Balaban J connectivity index is 2.35. The number of aryl methyl sites for hydroxylation is 1. The summed E-state index contributed by atoms with van der Waals surface area (Å²) in [6, 6.07) is 6.35. The van der Waals surface area contributed by atoms with Gasteiger partial charge in [-0.25, -0.2) is 0 Å². The second kappa shape index (κ2) is 3.91. The van der Waals surface area contributed by atoms with Crippen LogP contribution < -0.4 is 9.64 Å². The van der Waals surface area contributed by atoms with Crippen molar-refractivity contribution in [3.8, 4) is 5.75 Å². The molecule has 0 atom stereocenters. The average Bonchev–Trinajstić information content (AvgIpc) is 2.70. The van der Waals surface area contributed by atoms with Crippen LogP contribution in [0.15, 0.2) is 18.2 Å². The van der Waals surface area contributed by atoms with E-state index < -0.39 is 0 Å². The molecule has 1 aliphatic heterocycles. The van der Waals surface area contributed by atoms with Gasteiger partial charge in [0.05, 0.1) is 12.8 Å². The normalized spacial score (nSPS) is 16.0. The minimum absolute atomic E-state index is 1.04. The highest BCUT2D eigenvalue weighted by Crippen LogP contribution is 2.33. The lowest BCUT2D eigenvalue weighted by Crippen LogP contribution is -2.18. The summed E-state index contributed by atoms with van der Waals surface area (Å²) in [4.78, 5) is 2.41. The molecule has 2 rings (SSSR count). The topological polar surface area (TPSA) is 12.5 Å². The zero-order valence-corrected chi connectivity index (χ0v) is 8.92. The van der Waals surface area contributed by atoms with Gasteiger partial charge in [0.15, 0.2) is 0 Å². The van der Waals surface area contributed by atoms with Crippen LogP contribution in [0.2, 0.25) is 0 Å². The summed E-state index contributed by atoms with van der Waals surface area (Å²) in [5.41, 5.74) is 2.47. The molecule has 1 heterocycles. The molecule has 76 valence electrons. The van der Waals surface area contributed by atoms with Crippen LogP contribution in [-0.2, 0) is 0 Å². The molecular formula is C12H17NO. The van der Waals surface area contributed by atoms with Gasteiger partial charge in [0.1, 0.15) is 5.75 Å². The van der Waals surface area contributed by atoms with Gasteiger partial charge in [-0.2, -0.15) is 0 Å². The number of para-hydroxylation sites is 1. The third-order valence-electron chi connectivity index (χ3n) is 2.84. The molecule has 0 aliphatic carbocycles. The van der Waals surface area contributed by atoms with Gasteiger partial charge < -0.3 is 9.64 Å². The van der Waals surface area contributed by atoms with Crippen molar-refractivity contribution in [3.63, 3.8) is 0 Å². The van der Waals surface area contributed by atoms with E-state index in [0.29, 0.717) is 0 Å². The summed E-state index contributed by atoms with van der Waals surface area (Å²) in [5, 5.41) is 0. The van der Waals surface area contributed by atoms with Crippen molar-refractivity contribution in [2.75, 3.05) is 25.1 Å². The van der Waals surface area contributed by atoms with Gasteiger partial charge in [-0.15, -0.1) is 0 Å². The van der Waals surface area contributed by atoms with Crippen LogP contribution in [0.3, 0.4) is 0 Å². The first-order valence-electron chi connectivity index (χ1n) is 5.21. The number of hydrogen-bond donors (Lipinski definition) is 0. The van der Waals surface area contributed by atoms with E-state index in [0.717, 1.165) is 5.75 Å². The second-order valence-electron chi connectivity index (χ2n) is 3.82. The smallest absolute Gasteiger partial charge is 0.145 e. The van der Waals surface area contributed by atoms with Crippen molar-refractivity contribution in [1.82, 2.24) is 0 Å². The molecule has 0 amide bonds. The highest BCUT2D eigenvalue weighted by atomic mass is 16.5. The summed E-state index contributed by atoms with van der Waals surface area (Å²) in [6.07, 6.45) is 2.61. The van der Waals surface area contributed by atoms with Gasteiger partial charge in [0.25, 0.3) is 0 Å². The summed E-state index contributed by atoms with van der Waals surface area (Å²) >= 11 is 0. The molecule has 1 fully saturated rings. The summed E-state index contributed by atoms with van der Waals surface area (Å²) in [7, 11) is 1.75. The number of rotatable bonds is 2. The van der Waals surface area contributed by atoms with Gasteiger partial charge >= 0.3 is 0 Å². The van der Waals surface area contributed by atoms with Gasteiger partial charge in [-0.1, -0.05) is 12.1 Å². The Hall–Kier alpha value is -1.18. The fourth-order valence-corrected chi connectivity index (χ4v) is 2.11. The third-order valence-corrected chi connectivity index (χ3v) is 2.84. The maximum atomic E-state index is 5.45. The Morgan fingerprint density at radius 2 is 1.93 bits per heavy atom. The summed E-state index contributed by atoms with van der Waals surface area (Å²) < 4.78 is 5.45. The first-order valence-corrected chi connectivity index (χ1v) is 5.21. The van der Waals surface area contributed by atoms with Crippen LogP contribution >= 0.6 is 0 Å². The van der Waals surface area contributed by atoms with Gasteiger partial charge in [-0.3, -0.25) is 0 Å². The molecule has 0 saturated carbocycles. The van der Waals surface area contributed by atoms with Crippen LogP contribution in [0.5, 0.6) is 5.75 Å². The van der Waals surface area contributed by atoms with E-state index in [4.69, 9.17) is 4.74 Å². The van der Waals surface area contributed by atoms with Crippen LogP contribution in [0.25, 0.3) is 0 Å². The molecular weight excluding hydrogens is 174 g/mol. The van der Waals surface area contributed by atoms with Crippen LogP contribution in [0.1, 0.15) is 18.4 Å². The largest absolute Gasteiger partial charge is 0.494 e. The van der Waals surface area contributed by atoms with Crippen molar-refractivity contribution in [2.24, 2.45) is 0 Å². The summed E-state index contributed by atoms with van der Waals surface area (Å²) in [5.74, 6) is 1.04. The molecule has 0 bridgehead atoms. The van der Waals surface area contributed by atoms with E-state index in [1.807, 2.05) is 0 Å². The second-order valence-corrected chi connectivity index (χ2v) is 3.82. The van der Waals surface area contributed by atoms with E-state index >= 15 is 0 Å². The monoisotopic (exact) mass is 191 g/mol. The zero-order chi connectivity index (χ0) is 9.97. The van der Waals surface area contributed by atoms with Gasteiger partial charge in [0, 0.05) is 13.1 Å². The molecule has 0 radical (unpaired) electrons. The molecule has 0 unspecified atom stereocenters. The maximum absolute atomic E-state index is 5.45. The fourth-order valence-electron chi connectivity index (χ4n) is 2.11. The van der Waals surface area contributed by atoms with Crippen LogP contribution in [-0.4, -0.2) is 20.2 Å². The lowest BCUT2D eigenvalue weighted by molar-refractivity contribution is 0.412. The minimum atomic E-state index is 1.04. The lowest BCUT2D eigenvalue weighted by atomic mass is 10.2. The Labute approximate surface area is 85.5 Å². The predicted octanol–water partition coefficient (Wildman–Crippen LogP) is 2.60. The van der Waals surface area contributed by atoms with Crippen molar-refractivity contribution >= 4 is 5.69 Å². The van der Waals surface area contributed by atoms with E-state index in [-0.39, 0.29) is 0 Å². The predicted molar refractivity (Wildman–Crippen MR) is 59.2 cm³/mol. The standard InChI is InChI=1S/C12H17NO/c1-10-6-5-7-11(12(10)14-2)13-8-3-4-9-13/h5-7H,3-4,8-9H2,1-2H3. The van der Waals surface area contributed by atoms with E-state index in [1.165, 1.54) is 37.2 Å². The molecule has 1 aliphatic rings. The van der Waals surface area contributed by atoms with Crippen LogP contribution in [0, 0.1) is 6.92 Å². The number of hydrogen-bond acceptors (Lipinski definition) is 2. The van der Waals surface area contributed by atoms with Crippen molar-refractivity contribution in [3.05, 3.63) is 23.8 Å². The molecule has 1 aromatic rings. The molecule has 14 heavy (non-hydrogen) atoms. The first kappa shape index (κ1) is 9.38. The van der Waals surface area contributed by atoms with E-state index in [1.54, 1.807) is 7.11 Å². The van der Waals surface area contributed by atoms with Crippen molar-refractivity contribution < 1.29 is 4.74 Å². The Kier molecular flexibility index (Phi) is 2.62. The Morgan fingerprint density at radius 1 is 1.21 bits per heavy atom. The third kappa shape index (κ3) is 1.57. The quantitative estimate of drug-likeness (QED) is 0.712. The van der Waals surface area contributed by atoms with Crippen molar-refractivity contribution in [2.45, 2.75) is 19.8 Å². The highest BCUT2D eigenvalue weighted by molar-refractivity contribution is 5.62. The molecule has 0 N–H and O–H groups in total. The van der Waals surface area contributed by atoms with Crippen LogP contribution in [0.4, 0.5) is 5.69 Å². The highest BCUT2D eigenvalue weighted by Gasteiger charge is 2.16. The number of benzene rings is 1. The number of methoxy groups -OCH3 is 1. The molecule has 2 heteroatoms. The molecule has 1 saturated heterocycles. The van der Waals surface area contributed by atoms with Gasteiger partial charge in [-0.05, 0) is 31.4 Å². The SMILES string of the molecule is COc1c(C)cccc1N1CCCC1. The number of nitrogens with zero attached hydrogens (tertiary/aromatic N) is 1. The van der Waals surface area contributed by atoms with Gasteiger partial charge in [0.2, 0.25) is 0 Å². The molecule has 1 aromatic carbocycles. The Morgan fingerprint density at radius 3 is 2.57 bits per heavy atom. The molecule has 2 nitrogen and oxygen atoms in total. The average molecular weight is 191 g/mol. The first-order chi connectivity index (χ1) is 6.83. The lowest BCUT2D eigenvalue weighted by Gasteiger charge is -2.21. The van der Waals surface area contributed by atoms with Crippen molar-refractivity contribution in [1.29, 1.82) is 0 Å². The zero-order valence-electron chi connectivity index (χ0n) is 8.92. The number of anilines is 1. The summed E-state index contributed by atoms with van der Waals surface area (Å²) in [6.45, 7) is 4.43. The fraction of sp³-hybridized carbons (Fsp3) is 0.500. The molecule has 0 aromatic heterocycles. The van der Waals surface area contributed by atoms with E-state index in [9.17, 15) is 0 Å². The maximum Gasteiger partial charge on any atom is 0.145 e. The Bertz CT molecular complexity index is 316. The number of ether oxygens (including phenoxy) is 1. The van der Waals surface area contributed by atoms with E-state index in [2.05, 4.69) is 30.0 Å².